The summed E-state index contributed by atoms with van der Waals surface area (Å²) in [6.07, 6.45) is 0. The van der Waals surface area contributed by atoms with Crippen LogP contribution in [0.3, 0.4) is 0 Å². The van der Waals surface area contributed by atoms with Gasteiger partial charge in [0.25, 0.3) is 0 Å². The Balaban J connectivity index is 2.06. The fraction of sp³-hybridized carbons (Fsp3) is 0.476. The first-order valence-corrected chi connectivity index (χ1v) is 9.56. The highest BCUT2D eigenvalue weighted by Gasteiger charge is 2.21. The van der Waals surface area contributed by atoms with Crippen LogP contribution >= 0.6 is 0 Å². The van der Waals surface area contributed by atoms with Crippen LogP contribution in [0.25, 0.3) is 0 Å². The highest BCUT2D eigenvalue weighted by atomic mass is 16.5. The number of aryl methyl sites for hydroxylation is 2. The fourth-order valence-corrected chi connectivity index (χ4v) is 2.69. The third-order valence-corrected chi connectivity index (χ3v) is 4.37. The molecule has 1 heterocycles. The first-order chi connectivity index (χ1) is 13.6. The van der Waals surface area contributed by atoms with E-state index in [0.717, 1.165) is 11.3 Å². The van der Waals surface area contributed by atoms with Crippen LogP contribution in [0.4, 0.5) is 16.3 Å². The summed E-state index contributed by atoms with van der Waals surface area (Å²) in [5, 5.41) is 10.1. The standard InChI is InChI=1S/C21H31N5O3/c1-15-8-7-9-16(12-15)22-20(28)26(10-11-29-6)14-19(27)23-18-13-17(21(2,3)4)24-25(18)5/h7-9,12-13H,10-11,14H2,1-6H3,(H,22,28)(H,23,27). The van der Waals surface area contributed by atoms with E-state index in [1.807, 2.05) is 37.3 Å². The number of nitrogens with one attached hydrogen (secondary N) is 2. The van der Waals surface area contributed by atoms with Crippen LogP contribution in [0.5, 0.6) is 0 Å². The molecule has 2 aromatic rings. The second kappa shape index (κ2) is 9.56. The smallest absolute Gasteiger partial charge is 0.322 e. The highest BCUT2D eigenvalue weighted by Crippen LogP contribution is 2.23. The average molecular weight is 402 g/mol. The number of nitrogens with zero attached hydrogens (tertiary/aromatic N) is 3. The summed E-state index contributed by atoms with van der Waals surface area (Å²) in [5.74, 6) is 0.287. The zero-order valence-corrected chi connectivity index (χ0v) is 18.1. The van der Waals surface area contributed by atoms with E-state index in [0.29, 0.717) is 24.7 Å². The number of carbonyl (C=O) groups excluding carboxylic acids is 2. The third-order valence-electron chi connectivity index (χ3n) is 4.37. The molecule has 8 heteroatoms. The van der Waals surface area contributed by atoms with E-state index in [2.05, 4.69) is 36.5 Å². The van der Waals surface area contributed by atoms with Crippen LogP contribution in [0.1, 0.15) is 32.0 Å². The summed E-state index contributed by atoms with van der Waals surface area (Å²) in [6.45, 7) is 8.65. The Morgan fingerprint density at radius 3 is 2.52 bits per heavy atom. The van der Waals surface area contributed by atoms with Crippen molar-refractivity contribution in [3.8, 4) is 0 Å². The molecule has 0 aliphatic heterocycles. The van der Waals surface area contributed by atoms with Gasteiger partial charge in [-0.05, 0) is 24.6 Å². The topological polar surface area (TPSA) is 88.5 Å². The van der Waals surface area contributed by atoms with E-state index >= 15 is 0 Å². The van der Waals surface area contributed by atoms with Gasteiger partial charge < -0.3 is 20.3 Å². The molecule has 0 atom stereocenters. The first-order valence-electron chi connectivity index (χ1n) is 9.56. The predicted octanol–water partition coefficient (Wildman–Crippen LogP) is 3.15. The van der Waals surface area contributed by atoms with Gasteiger partial charge in [0.05, 0.1) is 12.3 Å². The normalized spacial score (nSPS) is 11.2. The second-order valence-corrected chi connectivity index (χ2v) is 8.05. The number of benzene rings is 1. The Bertz CT molecular complexity index is 854. The number of aromatic nitrogens is 2. The Kier molecular flexibility index (Phi) is 7.39. The molecule has 0 saturated carbocycles. The lowest BCUT2D eigenvalue weighted by molar-refractivity contribution is -0.116. The van der Waals surface area contributed by atoms with Crippen molar-refractivity contribution in [2.24, 2.45) is 7.05 Å². The SMILES string of the molecule is COCCN(CC(=O)Nc1cc(C(C)(C)C)nn1C)C(=O)Nc1cccc(C)c1. The van der Waals surface area contributed by atoms with Crippen LogP contribution in [-0.2, 0) is 22.0 Å². The fourth-order valence-electron chi connectivity index (χ4n) is 2.69. The molecule has 0 radical (unpaired) electrons. The molecule has 158 valence electrons. The molecule has 0 aliphatic carbocycles. The molecular weight excluding hydrogens is 370 g/mol. The maximum absolute atomic E-state index is 12.7. The third kappa shape index (κ3) is 6.60. The minimum Gasteiger partial charge on any atom is -0.383 e. The maximum atomic E-state index is 12.7. The summed E-state index contributed by atoms with van der Waals surface area (Å²) in [4.78, 5) is 26.7. The lowest BCUT2D eigenvalue weighted by Gasteiger charge is -2.22. The number of amides is 3. The van der Waals surface area contributed by atoms with Gasteiger partial charge in [-0.2, -0.15) is 5.10 Å². The van der Waals surface area contributed by atoms with Crippen molar-refractivity contribution in [1.82, 2.24) is 14.7 Å². The average Bonchev–Trinajstić information content (AvgIpc) is 2.99. The summed E-state index contributed by atoms with van der Waals surface area (Å²) >= 11 is 0. The molecular formula is C21H31N5O3. The van der Waals surface area contributed by atoms with Gasteiger partial charge in [0, 0.05) is 37.9 Å². The van der Waals surface area contributed by atoms with Gasteiger partial charge in [-0.15, -0.1) is 0 Å². The molecule has 0 saturated heterocycles. The first kappa shape index (κ1) is 22.4. The zero-order valence-electron chi connectivity index (χ0n) is 18.1. The summed E-state index contributed by atoms with van der Waals surface area (Å²) in [5.41, 5.74) is 2.47. The van der Waals surface area contributed by atoms with E-state index in [1.54, 1.807) is 18.8 Å². The van der Waals surface area contributed by atoms with E-state index in [1.165, 1.54) is 4.90 Å². The quantitative estimate of drug-likeness (QED) is 0.746. The van der Waals surface area contributed by atoms with Crippen molar-refractivity contribution >= 4 is 23.4 Å². The Hall–Kier alpha value is -2.87. The Morgan fingerprint density at radius 2 is 1.93 bits per heavy atom. The van der Waals surface area contributed by atoms with Gasteiger partial charge in [-0.25, -0.2) is 4.79 Å². The van der Waals surface area contributed by atoms with Crippen LogP contribution in [0, 0.1) is 6.92 Å². The summed E-state index contributed by atoms with van der Waals surface area (Å²) in [7, 11) is 3.33. The van der Waals surface area contributed by atoms with Crippen molar-refractivity contribution in [1.29, 1.82) is 0 Å². The molecule has 0 bridgehead atoms. The largest absolute Gasteiger partial charge is 0.383 e. The van der Waals surface area contributed by atoms with Crippen LogP contribution in [0.2, 0.25) is 0 Å². The molecule has 0 fully saturated rings. The lowest BCUT2D eigenvalue weighted by Crippen LogP contribution is -2.42. The molecule has 3 amide bonds. The molecule has 0 spiro atoms. The van der Waals surface area contributed by atoms with Gasteiger partial charge >= 0.3 is 6.03 Å². The van der Waals surface area contributed by atoms with Crippen LogP contribution in [0.15, 0.2) is 30.3 Å². The Labute approximate surface area is 172 Å². The van der Waals surface area contributed by atoms with Crippen molar-refractivity contribution in [3.63, 3.8) is 0 Å². The van der Waals surface area contributed by atoms with E-state index in [4.69, 9.17) is 4.74 Å². The lowest BCUT2D eigenvalue weighted by atomic mass is 9.92. The number of methoxy groups -OCH3 is 1. The van der Waals surface area contributed by atoms with Crippen LogP contribution < -0.4 is 10.6 Å². The second-order valence-electron chi connectivity index (χ2n) is 8.05. The maximum Gasteiger partial charge on any atom is 0.322 e. The summed E-state index contributed by atoms with van der Waals surface area (Å²) < 4.78 is 6.71. The minimum atomic E-state index is -0.358. The van der Waals surface area contributed by atoms with Gasteiger partial charge in [0.2, 0.25) is 5.91 Å². The number of carbonyl (C=O) groups is 2. The molecule has 1 aromatic heterocycles. The number of anilines is 2. The molecule has 29 heavy (non-hydrogen) atoms. The summed E-state index contributed by atoms with van der Waals surface area (Å²) in [6, 6.07) is 8.99. The van der Waals surface area contributed by atoms with Gasteiger partial charge in [-0.3, -0.25) is 9.48 Å². The van der Waals surface area contributed by atoms with Crippen molar-refractivity contribution in [2.45, 2.75) is 33.1 Å². The number of urea groups is 1. The number of hydrogen-bond donors (Lipinski definition) is 2. The number of hydrogen-bond acceptors (Lipinski definition) is 4. The van der Waals surface area contributed by atoms with Gasteiger partial charge in [0.15, 0.2) is 0 Å². The monoisotopic (exact) mass is 401 g/mol. The van der Waals surface area contributed by atoms with Crippen molar-refractivity contribution in [3.05, 3.63) is 41.6 Å². The number of ether oxygens (including phenoxy) is 1. The minimum absolute atomic E-state index is 0.100. The number of rotatable bonds is 7. The zero-order chi connectivity index (χ0) is 21.6. The van der Waals surface area contributed by atoms with Gasteiger partial charge in [-0.1, -0.05) is 32.9 Å². The van der Waals surface area contributed by atoms with Crippen molar-refractivity contribution < 1.29 is 14.3 Å². The predicted molar refractivity (Wildman–Crippen MR) is 114 cm³/mol. The Morgan fingerprint density at radius 1 is 1.21 bits per heavy atom. The van der Waals surface area contributed by atoms with E-state index < -0.39 is 0 Å². The van der Waals surface area contributed by atoms with Crippen LogP contribution in [-0.4, -0.2) is 53.4 Å². The van der Waals surface area contributed by atoms with E-state index in [-0.39, 0.29) is 23.9 Å². The van der Waals surface area contributed by atoms with Gasteiger partial charge in [0.1, 0.15) is 12.4 Å². The molecule has 0 unspecified atom stereocenters. The van der Waals surface area contributed by atoms with E-state index in [9.17, 15) is 9.59 Å². The highest BCUT2D eigenvalue weighted by molar-refractivity contribution is 5.96. The molecule has 8 nitrogen and oxygen atoms in total. The van der Waals surface area contributed by atoms with Crippen molar-refractivity contribution in [2.75, 3.05) is 37.4 Å². The molecule has 0 aliphatic rings. The molecule has 1 aromatic carbocycles. The molecule has 2 rings (SSSR count). The molecule has 2 N–H and O–H groups in total.